The molecule has 10 heteroatoms. The van der Waals surface area contributed by atoms with Gasteiger partial charge in [-0.2, -0.15) is 26.3 Å². The molecule has 0 aromatic heterocycles. The molecule has 0 bridgehead atoms. The summed E-state index contributed by atoms with van der Waals surface area (Å²) in [5, 5.41) is 0. The topological polar surface area (TPSA) is 35.5 Å². The van der Waals surface area contributed by atoms with Gasteiger partial charge in [0.1, 0.15) is 0 Å². The minimum absolute atomic E-state index is 1.11. The molecule has 0 radical (unpaired) electrons. The molecule has 0 atom stereocenters. The third kappa shape index (κ3) is 5.71. The normalized spacial score (nSPS) is 14.8. The molecule has 3 nitrogen and oxygen atoms in total. The second kappa shape index (κ2) is 6.01. The summed E-state index contributed by atoms with van der Waals surface area (Å²) >= 11 is 0. The Hall–Kier alpha value is -0.270. The van der Waals surface area contributed by atoms with Gasteiger partial charge in [-0.15, -0.1) is 0 Å². The standard InChI is InChI=1S/C9H15F6O3P/c1-5(2)17-19(16,18-6(3)4)7(8(10,11)12)9(13,14)15/h5-7H,1-4H3. The summed E-state index contributed by atoms with van der Waals surface area (Å²) in [6.45, 7) is 4.67. The quantitative estimate of drug-likeness (QED) is 0.552. The molecule has 0 amide bonds. The SMILES string of the molecule is CC(C)OP(=O)(OC(C)C)C(C(F)(F)F)C(F)(F)F. The summed E-state index contributed by atoms with van der Waals surface area (Å²) in [6.07, 6.45) is -13.8. The van der Waals surface area contributed by atoms with Gasteiger partial charge in [0.25, 0.3) is 5.66 Å². The van der Waals surface area contributed by atoms with Crippen LogP contribution in [-0.2, 0) is 13.6 Å². The van der Waals surface area contributed by atoms with Gasteiger partial charge in [0.15, 0.2) is 0 Å². The highest BCUT2D eigenvalue weighted by molar-refractivity contribution is 7.54. The van der Waals surface area contributed by atoms with Crippen molar-refractivity contribution in [3.63, 3.8) is 0 Å². The lowest BCUT2D eigenvalue weighted by atomic mass is 10.4. The summed E-state index contributed by atoms with van der Waals surface area (Å²) in [7, 11) is -5.43. The van der Waals surface area contributed by atoms with Crippen LogP contribution in [0.2, 0.25) is 0 Å². The first kappa shape index (κ1) is 18.7. The average Bonchev–Trinajstić information content (AvgIpc) is 1.90. The Morgan fingerprint density at radius 3 is 1.21 bits per heavy atom. The molecular weight excluding hydrogens is 301 g/mol. The van der Waals surface area contributed by atoms with E-state index in [4.69, 9.17) is 0 Å². The van der Waals surface area contributed by atoms with Crippen LogP contribution in [0.1, 0.15) is 27.7 Å². The highest BCUT2D eigenvalue weighted by Crippen LogP contribution is 2.64. The van der Waals surface area contributed by atoms with Crippen LogP contribution in [0.3, 0.4) is 0 Å². The lowest BCUT2D eigenvalue weighted by molar-refractivity contribution is -0.232. The van der Waals surface area contributed by atoms with Gasteiger partial charge >= 0.3 is 19.9 Å². The van der Waals surface area contributed by atoms with Crippen LogP contribution >= 0.6 is 7.60 Å². The Bertz CT molecular complexity index is 308. The lowest BCUT2D eigenvalue weighted by Gasteiger charge is -2.31. The molecule has 0 spiro atoms. The third-order valence-electron chi connectivity index (χ3n) is 1.65. The molecule has 0 aliphatic carbocycles. The average molecular weight is 316 g/mol. The minimum Gasteiger partial charge on any atom is -0.305 e. The van der Waals surface area contributed by atoms with Crippen molar-refractivity contribution < 1.29 is 40.0 Å². The molecule has 0 aliphatic rings. The number of alkyl halides is 6. The Labute approximate surface area is 106 Å². The fourth-order valence-electron chi connectivity index (χ4n) is 1.28. The maximum absolute atomic E-state index is 12.6. The van der Waals surface area contributed by atoms with Crippen LogP contribution in [0.15, 0.2) is 0 Å². The van der Waals surface area contributed by atoms with Crippen LogP contribution in [0, 0.1) is 0 Å². The smallest absolute Gasteiger partial charge is 0.305 e. The van der Waals surface area contributed by atoms with Crippen molar-refractivity contribution in [1.82, 2.24) is 0 Å². The van der Waals surface area contributed by atoms with E-state index < -0.39 is 37.8 Å². The molecule has 0 aliphatic heterocycles. The van der Waals surface area contributed by atoms with Crippen molar-refractivity contribution in [3.8, 4) is 0 Å². The summed E-state index contributed by atoms with van der Waals surface area (Å²) in [6, 6.07) is 0. The number of hydrogen-bond donors (Lipinski definition) is 0. The van der Waals surface area contributed by atoms with Gasteiger partial charge in [0.05, 0.1) is 12.2 Å². The van der Waals surface area contributed by atoms with Crippen LogP contribution in [0.4, 0.5) is 26.3 Å². The minimum atomic E-state index is -5.78. The van der Waals surface area contributed by atoms with E-state index in [1.54, 1.807) is 0 Å². The van der Waals surface area contributed by atoms with Crippen molar-refractivity contribution in [1.29, 1.82) is 0 Å². The molecular formula is C9H15F6O3P. The first-order valence-corrected chi connectivity index (χ1v) is 6.91. The zero-order valence-corrected chi connectivity index (χ0v) is 11.6. The first-order valence-electron chi connectivity index (χ1n) is 5.30. The van der Waals surface area contributed by atoms with Crippen LogP contribution in [0.25, 0.3) is 0 Å². The molecule has 0 unspecified atom stereocenters. The fourth-order valence-corrected chi connectivity index (χ4v) is 3.46. The third-order valence-corrected chi connectivity index (χ3v) is 4.30. The first-order chi connectivity index (χ1) is 8.20. The Balaban J connectivity index is 5.70. The summed E-state index contributed by atoms with van der Waals surface area (Å²) in [5.41, 5.74) is -4.16. The van der Waals surface area contributed by atoms with E-state index in [-0.39, 0.29) is 0 Å². The lowest BCUT2D eigenvalue weighted by Crippen LogP contribution is -2.43. The second-order valence-electron chi connectivity index (χ2n) is 4.33. The number of halogens is 6. The maximum atomic E-state index is 12.6. The summed E-state index contributed by atoms with van der Waals surface area (Å²) < 4.78 is 96.0. The largest absolute Gasteiger partial charge is 0.411 e. The Morgan fingerprint density at radius 1 is 0.789 bits per heavy atom. The molecule has 0 saturated heterocycles. The molecule has 0 aromatic rings. The number of rotatable bonds is 5. The fraction of sp³-hybridized carbons (Fsp3) is 1.00. The monoisotopic (exact) mass is 316 g/mol. The molecule has 0 N–H and O–H groups in total. The molecule has 116 valence electrons. The molecule has 0 heterocycles. The van der Waals surface area contributed by atoms with Crippen LogP contribution < -0.4 is 0 Å². The van der Waals surface area contributed by atoms with Crippen molar-refractivity contribution in [2.24, 2.45) is 0 Å². The second-order valence-corrected chi connectivity index (χ2v) is 6.35. The maximum Gasteiger partial charge on any atom is 0.411 e. The van der Waals surface area contributed by atoms with Gasteiger partial charge in [-0.05, 0) is 27.7 Å². The van der Waals surface area contributed by atoms with E-state index in [1.165, 1.54) is 27.7 Å². The Kier molecular flexibility index (Phi) is 5.93. The molecule has 0 saturated carbocycles. The van der Waals surface area contributed by atoms with E-state index >= 15 is 0 Å². The molecule has 0 aromatic carbocycles. The van der Waals surface area contributed by atoms with E-state index in [1.807, 2.05) is 0 Å². The van der Waals surface area contributed by atoms with Crippen molar-refractivity contribution in [2.75, 3.05) is 0 Å². The van der Waals surface area contributed by atoms with E-state index in [0.29, 0.717) is 0 Å². The van der Waals surface area contributed by atoms with Gasteiger partial charge < -0.3 is 9.05 Å². The number of hydrogen-bond acceptors (Lipinski definition) is 3. The van der Waals surface area contributed by atoms with Gasteiger partial charge in [-0.1, -0.05) is 0 Å². The zero-order valence-electron chi connectivity index (χ0n) is 10.7. The van der Waals surface area contributed by atoms with Gasteiger partial charge in [-0.3, -0.25) is 4.57 Å². The zero-order chi connectivity index (χ0) is 15.6. The van der Waals surface area contributed by atoms with Crippen molar-refractivity contribution in [2.45, 2.75) is 57.9 Å². The van der Waals surface area contributed by atoms with Crippen LogP contribution in [-0.4, -0.2) is 30.2 Å². The summed E-state index contributed by atoms with van der Waals surface area (Å²) in [5.74, 6) is 0. The predicted octanol–water partition coefficient (Wildman–Crippen LogP) is 4.52. The van der Waals surface area contributed by atoms with Gasteiger partial charge in [0.2, 0.25) is 0 Å². The van der Waals surface area contributed by atoms with Crippen molar-refractivity contribution in [3.05, 3.63) is 0 Å². The van der Waals surface area contributed by atoms with E-state index in [2.05, 4.69) is 9.05 Å². The molecule has 0 fully saturated rings. The Morgan fingerprint density at radius 2 is 1.05 bits per heavy atom. The van der Waals surface area contributed by atoms with Crippen LogP contribution in [0.5, 0.6) is 0 Å². The van der Waals surface area contributed by atoms with Gasteiger partial charge in [0, 0.05) is 0 Å². The summed E-state index contributed by atoms with van der Waals surface area (Å²) in [4.78, 5) is 0. The van der Waals surface area contributed by atoms with E-state index in [0.717, 1.165) is 0 Å². The predicted molar refractivity (Wildman–Crippen MR) is 55.9 cm³/mol. The molecule has 0 rings (SSSR count). The van der Waals surface area contributed by atoms with E-state index in [9.17, 15) is 30.9 Å². The highest BCUT2D eigenvalue weighted by Gasteiger charge is 2.68. The molecule has 19 heavy (non-hydrogen) atoms. The highest BCUT2D eigenvalue weighted by atomic mass is 31.2. The van der Waals surface area contributed by atoms with Gasteiger partial charge in [-0.25, -0.2) is 0 Å². The van der Waals surface area contributed by atoms with Crippen molar-refractivity contribution >= 4 is 7.60 Å².